The van der Waals surface area contributed by atoms with Gasteiger partial charge >= 0.3 is 5.97 Å². The van der Waals surface area contributed by atoms with Gasteiger partial charge in [-0.3, -0.25) is 0 Å². The summed E-state index contributed by atoms with van der Waals surface area (Å²) in [6.07, 6.45) is 0.277. The highest BCUT2D eigenvalue weighted by molar-refractivity contribution is 5.93. The second kappa shape index (κ2) is 5.02. The van der Waals surface area contributed by atoms with Gasteiger partial charge in [0.15, 0.2) is 0 Å². The van der Waals surface area contributed by atoms with Gasteiger partial charge in [-0.2, -0.15) is 0 Å². The van der Waals surface area contributed by atoms with E-state index in [9.17, 15) is 15.0 Å². The summed E-state index contributed by atoms with van der Waals surface area (Å²) in [5.41, 5.74) is 1.28. The Morgan fingerprint density at radius 3 is 2.37 bits per heavy atom. The Balaban J connectivity index is 2.52. The SMILES string of the molecule is Cc1cc(O)c(Cc2ccccc2)c(O)c1C(=O)O. The molecule has 98 valence electrons. The van der Waals surface area contributed by atoms with Crippen LogP contribution in [-0.2, 0) is 6.42 Å². The molecule has 0 fully saturated rings. The van der Waals surface area contributed by atoms with Crippen LogP contribution in [0.25, 0.3) is 0 Å². The summed E-state index contributed by atoms with van der Waals surface area (Å²) >= 11 is 0. The van der Waals surface area contributed by atoms with Gasteiger partial charge in [-0.15, -0.1) is 0 Å². The van der Waals surface area contributed by atoms with Gasteiger partial charge in [0.2, 0.25) is 0 Å². The van der Waals surface area contributed by atoms with Gasteiger partial charge in [0, 0.05) is 12.0 Å². The predicted molar refractivity (Wildman–Crippen MR) is 70.7 cm³/mol. The summed E-state index contributed by atoms with van der Waals surface area (Å²) < 4.78 is 0. The summed E-state index contributed by atoms with van der Waals surface area (Å²) in [4.78, 5) is 11.1. The van der Waals surface area contributed by atoms with E-state index in [1.807, 2.05) is 30.3 Å². The maximum Gasteiger partial charge on any atom is 0.339 e. The van der Waals surface area contributed by atoms with Crippen molar-refractivity contribution in [3.05, 3.63) is 58.7 Å². The Labute approximate surface area is 110 Å². The smallest absolute Gasteiger partial charge is 0.339 e. The van der Waals surface area contributed by atoms with E-state index < -0.39 is 5.97 Å². The summed E-state index contributed by atoms with van der Waals surface area (Å²) in [5.74, 6) is -1.66. The Hall–Kier alpha value is -2.49. The lowest BCUT2D eigenvalue weighted by molar-refractivity contribution is 0.0692. The molecule has 2 rings (SSSR count). The third-order valence-electron chi connectivity index (χ3n) is 3.02. The molecule has 4 nitrogen and oxygen atoms in total. The first-order valence-electron chi connectivity index (χ1n) is 5.82. The van der Waals surface area contributed by atoms with Gasteiger partial charge in [0.1, 0.15) is 17.1 Å². The maximum absolute atomic E-state index is 11.1. The van der Waals surface area contributed by atoms with Crippen LogP contribution in [0.4, 0.5) is 0 Å². The number of carboxylic acid groups (broad SMARTS) is 1. The van der Waals surface area contributed by atoms with E-state index in [1.54, 1.807) is 0 Å². The summed E-state index contributed by atoms with van der Waals surface area (Å²) in [7, 11) is 0. The second-order valence-electron chi connectivity index (χ2n) is 4.38. The van der Waals surface area contributed by atoms with Crippen molar-refractivity contribution in [2.45, 2.75) is 13.3 Å². The van der Waals surface area contributed by atoms with Gasteiger partial charge in [-0.25, -0.2) is 4.79 Å². The highest BCUT2D eigenvalue weighted by Gasteiger charge is 2.20. The minimum absolute atomic E-state index is 0.0937. The molecule has 0 aromatic heterocycles. The normalized spacial score (nSPS) is 10.4. The van der Waals surface area contributed by atoms with Crippen LogP contribution in [0.1, 0.15) is 27.0 Å². The molecule has 0 amide bonds. The number of hydrogen-bond donors (Lipinski definition) is 3. The number of benzene rings is 2. The van der Waals surface area contributed by atoms with Crippen LogP contribution >= 0.6 is 0 Å². The number of phenolic OH excluding ortho intramolecular Hbond substituents is 1. The maximum atomic E-state index is 11.1. The standard InChI is InChI=1S/C15H14O4/c1-9-7-12(16)11(14(17)13(9)15(18)19)8-10-5-3-2-4-6-10/h2-7,16-17H,8H2,1H3,(H,18,19). The minimum atomic E-state index is -1.20. The fraction of sp³-hybridized carbons (Fsp3) is 0.133. The average molecular weight is 258 g/mol. The largest absolute Gasteiger partial charge is 0.508 e. The Morgan fingerprint density at radius 1 is 1.16 bits per heavy atom. The van der Waals surface area contributed by atoms with E-state index in [-0.39, 0.29) is 29.0 Å². The van der Waals surface area contributed by atoms with Crippen LogP contribution in [0, 0.1) is 6.92 Å². The van der Waals surface area contributed by atoms with Gasteiger partial charge in [-0.05, 0) is 24.1 Å². The summed E-state index contributed by atoms with van der Waals surface area (Å²) in [6.45, 7) is 1.54. The highest BCUT2D eigenvalue weighted by atomic mass is 16.4. The van der Waals surface area contributed by atoms with E-state index in [1.165, 1.54) is 13.0 Å². The molecule has 0 saturated heterocycles. The van der Waals surface area contributed by atoms with Crippen LogP contribution in [0.2, 0.25) is 0 Å². The predicted octanol–water partition coefficient (Wildman–Crippen LogP) is 2.70. The number of phenols is 2. The van der Waals surface area contributed by atoms with Crippen molar-refractivity contribution < 1.29 is 20.1 Å². The zero-order valence-corrected chi connectivity index (χ0v) is 10.4. The first-order valence-corrected chi connectivity index (χ1v) is 5.82. The quantitative estimate of drug-likeness (QED) is 0.791. The number of rotatable bonds is 3. The third-order valence-corrected chi connectivity index (χ3v) is 3.02. The molecule has 4 heteroatoms. The Bertz CT molecular complexity index is 618. The Kier molecular flexibility index (Phi) is 3.42. The van der Waals surface area contributed by atoms with Crippen molar-refractivity contribution in [1.82, 2.24) is 0 Å². The molecule has 0 spiro atoms. The molecule has 0 unspecified atom stereocenters. The van der Waals surface area contributed by atoms with Crippen LogP contribution in [0.3, 0.4) is 0 Å². The topological polar surface area (TPSA) is 77.8 Å². The zero-order valence-electron chi connectivity index (χ0n) is 10.4. The van der Waals surface area contributed by atoms with Gasteiger partial charge in [-0.1, -0.05) is 30.3 Å². The van der Waals surface area contributed by atoms with E-state index in [4.69, 9.17) is 5.11 Å². The van der Waals surface area contributed by atoms with Crippen molar-refractivity contribution in [2.75, 3.05) is 0 Å². The molecule has 0 aliphatic carbocycles. The lowest BCUT2D eigenvalue weighted by Gasteiger charge is -2.12. The van der Waals surface area contributed by atoms with E-state index in [0.717, 1.165) is 5.56 Å². The van der Waals surface area contributed by atoms with Gasteiger partial charge in [0.25, 0.3) is 0 Å². The van der Waals surface area contributed by atoms with Crippen molar-refractivity contribution in [3.63, 3.8) is 0 Å². The fourth-order valence-electron chi connectivity index (χ4n) is 2.07. The molecular formula is C15H14O4. The molecule has 0 aliphatic rings. The Morgan fingerprint density at radius 2 is 1.79 bits per heavy atom. The molecule has 0 bridgehead atoms. The summed E-state index contributed by atoms with van der Waals surface area (Å²) in [6, 6.07) is 10.6. The molecule has 0 heterocycles. The van der Waals surface area contributed by atoms with Gasteiger partial charge < -0.3 is 15.3 Å². The first kappa shape index (κ1) is 13.0. The highest BCUT2D eigenvalue weighted by Crippen LogP contribution is 2.35. The average Bonchev–Trinajstić information content (AvgIpc) is 2.35. The zero-order chi connectivity index (χ0) is 14.0. The van der Waals surface area contributed by atoms with Crippen molar-refractivity contribution >= 4 is 5.97 Å². The molecular weight excluding hydrogens is 244 g/mol. The number of carboxylic acids is 1. The molecule has 0 saturated carbocycles. The number of carbonyl (C=O) groups is 1. The van der Waals surface area contributed by atoms with E-state index in [0.29, 0.717) is 5.56 Å². The lowest BCUT2D eigenvalue weighted by Crippen LogP contribution is -2.03. The number of aromatic carboxylic acids is 1. The van der Waals surface area contributed by atoms with Crippen LogP contribution in [0.15, 0.2) is 36.4 Å². The van der Waals surface area contributed by atoms with Crippen LogP contribution < -0.4 is 0 Å². The fourth-order valence-corrected chi connectivity index (χ4v) is 2.07. The van der Waals surface area contributed by atoms with Crippen molar-refractivity contribution in [2.24, 2.45) is 0 Å². The van der Waals surface area contributed by atoms with E-state index in [2.05, 4.69) is 0 Å². The van der Waals surface area contributed by atoms with Crippen molar-refractivity contribution in [1.29, 1.82) is 0 Å². The minimum Gasteiger partial charge on any atom is -0.508 e. The second-order valence-corrected chi connectivity index (χ2v) is 4.38. The lowest BCUT2D eigenvalue weighted by atomic mass is 9.97. The molecule has 2 aromatic rings. The molecule has 0 atom stereocenters. The molecule has 19 heavy (non-hydrogen) atoms. The van der Waals surface area contributed by atoms with E-state index >= 15 is 0 Å². The molecule has 3 N–H and O–H groups in total. The van der Waals surface area contributed by atoms with Crippen LogP contribution in [-0.4, -0.2) is 21.3 Å². The first-order chi connectivity index (χ1) is 9.00. The molecule has 0 radical (unpaired) electrons. The third kappa shape index (κ3) is 2.52. The van der Waals surface area contributed by atoms with Crippen LogP contribution in [0.5, 0.6) is 11.5 Å². The number of aromatic hydroxyl groups is 2. The number of aryl methyl sites for hydroxylation is 1. The molecule has 2 aromatic carbocycles. The van der Waals surface area contributed by atoms with Crippen molar-refractivity contribution in [3.8, 4) is 11.5 Å². The van der Waals surface area contributed by atoms with Gasteiger partial charge in [0.05, 0.1) is 0 Å². The number of hydrogen-bond acceptors (Lipinski definition) is 3. The monoisotopic (exact) mass is 258 g/mol. The summed E-state index contributed by atoms with van der Waals surface area (Å²) in [5, 5.41) is 29.0. The molecule has 0 aliphatic heterocycles.